The molecule has 2 aromatic carbocycles. The zero-order valence-corrected chi connectivity index (χ0v) is 33.2. The van der Waals surface area contributed by atoms with Gasteiger partial charge >= 0.3 is 0 Å². The van der Waals surface area contributed by atoms with Gasteiger partial charge < -0.3 is 0 Å². The Morgan fingerprint density at radius 1 is 0.256 bits per heavy atom. The van der Waals surface area contributed by atoms with Crippen LogP contribution in [0.4, 0.5) is 0 Å². The number of rotatable bonds is 2. The summed E-state index contributed by atoms with van der Waals surface area (Å²) in [5.74, 6) is 0. The van der Waals surface area contributed by atoms with Crippen LogP contribution in [0, 0.1) is 0 Å². The molecule has 0 aliphatic carbocycles. The average Bonchev–Trinajstić information content (AvgIpc) is 2.72. The summed E-state index contributed by atoms with van der Waals surface area (Å²) in [6, 6.07) is 7.78. The molecule has 0 unspecified atom stereocenters. The van der Waals surface area contributed by atoms with Crippen LogP contribution in [0.5, 0.6) is 0 Å². The van der Waals surface area contributed by atoms with E-state index in [-0.39, 0.29) is 43.3 Å². The normalized spacial score (nSPS) is 14.9. The van der Waals surface area contributed by atoms with Crippen molar-refractivity contribution >= 4 is 0 Å². The quantitative estimate of drug-likeness (QED) is 0.327. The van der Waals surface area contributed by atoms with Crippen molar-refractivity contribution < 1.29 is 0 Å². The first kappa shape index (κ1) is 37.6. The minimum Gasteiger partial charge on any atom is -0.0561 e. The molecule has 0 nitrogen and oxygen atoms in total. The summed E-state index contributed by atoms with van der Waals surface area (Å²) < 4.78 is 0. The Bertz CT molecular complexity index is 1320. The second kappa shape index (κ2) is 10.8. The molecule has 244 valence electrons. The van der Waals surface area contributed by atoms with Gasteiger partial charge in [0.05, 0.1) is 0 Å². The number of benzene rings is 2. The zero-order valence-electron chi connectivity index (χ0n) is 33.2. The summed E-state index contributed by atoms with van der Waals surface area (Å²) in [5.41, 5.74) is 13.5. The highest BCUT2D eigenvalue weighted by Crippen LogP contribution is 2.52. The Hall–Kier alpha value is -1.56. The monoisotopic (exact) mass is 589 g/mol. The maximum atomic E-state index is 2.66. The Labute approximate surface area is 270 Å². The van der Waals surface area contributed by atoms with E-state index < -0.39 is 0 Å². The van der Waals surface area contributed by atoms with Gasteiger partial charge in [0.15, 0.2) is 0 Å². The van der Waals surface area contributed by atoms with E-state index in [1.165, 1.54) is 33.4 Å². The summed E-state index contributed by atoms with van der Waals surface area (Å²) in [6.45, 7) is 55.8. The van der Waals surface area contributed by atoms with Gasteiger partial charge in [0.2, 0.25) is 0 Å². The van der Waals surface area contributed by atoms with E-state index in [1.54, 1.807) is 16.7 Å². The second-order valence-electron chi connectivity index (χ2n) is 21.4. The predicted octanol–water partition coefficient (Wildman–Crippen LogP) is 13.1. The molecule has 2 rings (SSSR count). The lowest BCUT2D eigenvalue weighted by Gasteiger charge is -2.46. The van der Waals surface area contributed by atoms with E-state index in [1.807, 2.05) is 0 Å². The average molecular weight is 589 g/mol. The topological polar surface area (TPSA) is 0 Å². The lowest BCUT2D eigenvalue weighted by atomic mass is 9.58. The molecule has 2 aromatic rings. The minimum absolute atomic E-state index is 0.00140. The van der Waals surface area contributed by atoms with E-state index in [0.29, 0.717) is 0 Å². The fourth-order valence-corrected chi connectivity index (χ4v) is 7.19. The summed E-state index contributed by atoms with van der Waals surface area (Å²) >= 11 is 0. The molecular weight excluding hydrogens is 516 g/mol. The van der Waals surface area contributed by atoms with Crippen molar-refractivity contribution in [3.63, 3.8) is 0 Å². The van der Waals surface area contributed by atoms with Gasteiger partial charge in [-0.2, -0.15) is 0 Å². The fourth-order valence-electron chi connectivity index (χ4n) is 7.19. The van der Waals surface area contributed by atoms with Crippen molar-refractivity contribution in [2.45, 2.75) is 203 Å². The first-order valence-electron chi connectivity index (χ1n) is 17.0. The molecule has 43 heavy (non-hydrogen) atoms. The van der Waals surface area contributed by atoms with Crippen LogP contribution in [0.3, 0.4) is 0 Å². The Morgan fingerprint density at radius 3 is 0.837 bits per heavy atom. The van der Waals surface area contributed by atoms with Gasteiger partial charge in [-0.25, -0.2) is 0 Å². The smallest absolute Gasteiger partial charge is 0.0152 e. The van der Waals surface area contributed by atoms with E-state index in [4.69, 9.17) is 0 Å². The summed E-state index contributed by atoms with van der Waals surface area (Å²) in [4.78, 5) is 0. The molecule has 0 aromatic heterocycles. The third kappa shape index (κ3) is 7.64. The fraction of sp³-hybridized carbons (Fsp3) is 0.721. The molecule has 0 saturated heterocycles. The Balaban J connectivity index is 3.50. The van der Waals surface area contributed by atoms with Crippen LogP contribution in [0.2, 0.25) is 0 Å². The molecule has 0 aliphatic rings. The molecule has 0 atom stereocenters. The van der Waals surface area contributed by atoms with Gasteiger partial charge in [0, 0.05) is 5.41 Å². The van der Waals surface area contributed by atoms with Crippen LogP contribution >= 0.6 is 0 Å². The molecule has 0 fully saturated rings. The van der Waals surface area contributed by atoms with Crippen molar-refractivity contribution in [1.29, 1.82) is 0 Å². The van der Waals surface area contributed by atoms with Crippen LogP contribution < -0.4 is 0 Å². The molecule has 0 radical (unpaired) electrons. The zero-order chi connectivity index (χ0) is 34.3. The number of hydrogen-bond donors (Lipinski definition) is 0. The van der Waals surface area contributed by atoms with E-state index >= 15 is 0 Å². The lowest BCUT2D eigenvalue weighted by molar-refractivity contribution is 0.459. The van der Waals surface area contributed by atoms with Gasteiger partial charge in [-0.1, -0.05) is 177 Å². The third-order valence-corrected chi connectivity index (χ3v) is 9.29. The maximum Gasteiger partial charge on any atom is 0.0152 e. The van der Waals surface area contributed by atoms with Gasteiger partial charge in [-0.05, 0) is 88.0 Å². The van der Waals surface area contributed by atoms with Crippen molar-refractivity contribution in [1.82, 2.24) is 0 Å². The highest BCUT2D eigenvalue weighted by molar-refractivity contribution is 5.62. The van der Waals surface area contributed by atoms with Crippen molar-refractivity contribution in [2.75, 3.05) is 0 Å². The SMILES string of the molecule is CC(C)(C)c1cc(C(C)(C)C)c(C(C)(C)C)c(C(C)(C)c2cc(C(C)(C)C)c(C(C)(C)C)c(C(C)(C)C)c2C(C)(C)C)c1. The van der Waals surface area contributed by atoms with Gasteiger partial charge in [-0.3, -0.25) is 0 Å². The van der Waals surface area contributed by atoms with Crippen molar-refractivity contribution in [3.05, 3.63) is 68.3 Å². The third-order valence-electron chi connectivity index (χ3n) is 9.29. The molecule has 0 heterocycles. The molecule has 0 N–H and O–H groups in total. The first-order chi connectivity index (χ1) is 18.5. The second-order valence-corrected chi connectivity index (χ2v) is 21.4. The van der Waals surface area contributed by atoms with E-state index in [2.05, 4.69) is 177 Å². The Morgan fingerprint density at radius 2 is 0.535 bits per heavy atom. The van der Waals surface area contributed by atoms with Gasteiger partial charge in [-0.15, -0.1) is 0 Å². The van der Waals surface area contributed by atoms with E-state index in [9.17, 15) is 0 Å². The standard InChI is InChI=1S/C43H72/c1-36(2,3)27-24-28(37(4,5)6)32(39(10,11)12)30(25-27)43(22,23)31-26-29(38(7,8)9)33(40(13,14)15)35(42(19,20)21)34(31)41(16,17)18/h24-26H,1-23H3. The van der Waals surface area contributed by atoms with Crippen LogP contribution in [0.25, 0.3) is 0 Å². The van der Waals surface area contributed by atoms with Crippen molar-refractivity contribution in [2.24, 2.45) is 0 Å². The maximum absolute atomic E-state index is 2.66. The first-order valence-corrected chi connectivity index (χ1v) is 17.0. The minimum atomic E-state index is -0.219. The lowest BCUT2D eigenvalue weighted by Crippen LogP contribution is -2.37. The number of hydrogen-bond acceptors (Lipinski definition) is 0. The molecule has 0 bridgehead atoms. The largest absolute Gasteiger partial charge is 0.0561 e. The van der Waals surface area contributed by atoms with Crippen LogP contribution in [-0.2, 0) is 43.3 Å². The molecule has 0 saturated carbocycles. The van der Waals surface area contributed by atoms with E-state index in [0.717, 1.165) is 0 Å². The molecule has 0 amide bonds. The van der Waals surface area contributed by atoms with Gasteiger partial charge in [0.1, 0.15) is 0 Å². The summed E-state index contributed by atoms with van der Waals surface area (Å²) in [6.07, 6.45) is 0. The predicted molar refractivity (Wildman–Crippen MR) is 196 cm³/mol. The Kier molecular flexibility index (Phi) is 9.42. The van der Waals surface area contributed by atoms with Crippen molar-refractivity contribution in [3.8, 4) is 0 Å². The van der Waals surface area contributed by atoms with Crippen LogP contribution in [0.1, 0.15) is 209 Å². The van der Waals surface area contributed by atoms with Crippen LogP contribution in [0.15, 0.2) is 18.2 Å². The molecule has 0 aliphatic heterocycles. The molecule has 0 spiro atoms. The molecular formula is C43H72. The summed E-state index contributed by atoms with van der Waals surface area (Å²) in [5, 5.41) is 0. The highest BCUT2D eigenvalue weighted by atomic mass is 14.5. The van der Waals surface area contributed by atoms with Gasteiger partial charge in [0.25, 0.3) is 0 Å². The highest BCUT2D eigenvalue weighted by Gasteiger charge is 2.43. The summed E-state index contributed by atoms with van der Waals surface area (Å²) in [7, 11) is 0. The molecule has 0 heteroatoms. The van der Waals surface area contributed by atoms with Crippen LogP contribution in [-0.4, -0.2) is 0 Å².